The van der Waals surface area contributed by atoms with E-state index in [0.29, 0.717) is 25.7 Å². The van der Waals surface area contributed by atoms with Crippen molar-refractivity contribution < 1.29 is 25.2 Å². The third-order valence-electron chi connectivity index (χ3n) is 5.41. The van der Waals surface area contributed by atoms with Crippen molar-refractivity contribution in [2.75, 3.05) is 0 Å². The molecule has 4 N–H and O–H groups in total. The fourth-order valence-electron chi connectivity index (χ4n) is 3.76. The monoisotopic (exact) mass is 382 g/mol. The van der Waals surface area contributed by atoms with Gasteiger partial charge >= 0.3 is 5.97 Å². The third-order valence-corrected chi connectivity index (χ3v) is 5.41. The minimum Gasteiger partial charge on any atom is -0.481 e. The summed E-state index contributed by atoms with van der Waals surface area (Å²) in [5, 5.41) is 39.2. The molecule has 0 aromatic rings. The summed E-state index contributed by atoms with van der Waals surface area (Å²) < 4.78 is 0. The molecule has 5 atom stereocenters. The highest BCUT2D eigenvalue weighted by molar-refractivity contribution is 5.66. The molecular formula is C22H38O5. The van der Waals surface area contributed by atoms with E-state index in [0.717, 1.165) is 19.3 Å². The summed E-state index contributed by atoms with van der Waals surface area (Å²) in [6, 6.07) is 0. The molecule has 0 aromatic carbocycles. The van der Waals surface area contributed by atoms with Crippen molar-refractivity contribution in [2.45, 2.75) is 95.9 Å². The molecule has 1 rings (SSSR count). The Morgan fingerprint density at radius 1 is 1.07 bits per heavy atom. The van der Waals surface area contributed by atoms with Gasteiger partial charge in [0.05, 0.1) is 18.3 Å². The lowest BCUT2D eigenvalue weighted by Crippen LogP contribution is -2.20. The molecule has 0 aliphatic heterocycles. The number of carboxylic acids is 1. The number of aliphatic carboxylic acids is 1. The summed E-state index contributed by atoms with van der Waals surface area (Å²) in [7, 11) is 0. The maximum absolute atomic E-state index is 10.5. The Morgan fingerprint density at radius 2 is 1.81 bits per heavy atom. The van der Waals surface area contributed by atoms with Gasteiger partial charge in [-0.25, -0.2) is 0 Å². The Morgan fingerprint density at radius 3 is 2.52 bits per heavy atom. The van der Waals surface area contributed by atoms with Gasteiger partial charge in [-0.05, 0) is 31.6 Å². The van der Waals surface area contributed by atoms with Gasteiger partial charge in [0.2, 0.25) is 0 Å². The quantitative estimate of drug-likeness (QED) is 0.270. The molecule has 0 unspecified atom stereocenters. The second kappa shape index (κ2) is 13.9. The smallest absolute Gasteiger partial charge is 0.303 e. The predicted octanol–water partition coefficient (Wildman–Crippen LogP) is 3.82. The van der Waals surface area contributed by atoms with Crippen LogP contribution in [0.4, 0.5) is 0 Å². The molecule has 1 saturated carbocycles. The number of hydrogen-bond acceptors (Lipinski definition) is 4. The SMILES string of the molecule is CCCCCCC[C@@H](O)/C=C/[C@@H]1[C@@H](C/C=C\CCCC(=O)O)[C@@H](O)C[C@H]1O. The predicted molar refractivity (Wildman–Crippen MR) is 107 cm³/mol. The lowest BCUT2D eigenvalue weighted by atomic mass is 9.89. The first kappa shape index (κ1) is 23.9. The van der Waals surface area contributed by atoms with Crippen LogP contribution in [-0.4, -0.2) is 44.7 Å². The molecule has 0 saturated heterocycles. The molecule has 0 aromatic heterocycles. The summed E-state index contributed by atoms with van der Waals surface area (Å²) in [6.45, 7) is 2.18. The van der Waals surface area contributed by atoms with Gasteiger partial charge in [0.1, 0.15) is 0 Å². The Bertz CT molecular complexity index is 460. The van der Waals surface area contributed by atoms with E-state index >= 15 is 0 Å². The van der Waals surface area contributed by atoms with Crippen molar-refractivity contribution in [3.05, 3.63) is 24.3 Å². The van der Waals surface area contributed by atoms with Crippen LogP contribution in [-0.2, 0) is 4.79 Å². The first-order chi connectivity index (χ1) is 13.0. The van der Waals surface area contributed by atoms with Crippen LogP contribution in [0.25, 0.3) is 0 Å². The van der Waals surface area contributed by atoms with Crippen LogP contribution >= 0.6 is 0 Å². The first-order valence-electron chi connectivity index (χ1n) is 10.5. The van der Waals surface area contributed by atoms with E-state index in [9.17, 15) is 20.1 Å². The van der Waals surface area contributed by atoms with Crippen molar-refractivity contribution in [3.63, 3.8) is 0 Å². The maximum Gasteiger partial charge on any atom is 0.303 e. The normalized spacial score (nSPS) is 27.0. The van der Waals surface area contributed by atoms with E-state index in [1.54, 1.807) is 6.08 Å². The van der Waals surface area contributed by atoms with E-state index in [1.807, 2.05) is 18.2 Å². The van der Waals surface area contributed by atoms with Gasteiger partial charge in [-0.2, -0.15) is 0 Å². The Labute approximate surface area is 163 Å². The number of aliphatic hydroxyl groups excluding tert-OH is 3. The molecule has 156 valence electrons. The zero-order valence-corrected chi connectivity index (χ0v) is 16.7. The molecule has 5 heteroatoms. The van der Waals surface area contributed by atoms with Crippen molar-refractivity contribution in [1.82, 2.24) is 0 Å². The highest BCUT2D eigenvalue weighted by atomic mass is 16.4. The number of rotatable bonds is 14. The summed E-state index contributed by atoms with van der Waals surface area (Å²) in [5.41, 5.74) is 0. The largest absolute Gasteiger partial charge is 0.481 e. The van der Waals surface area contributed by atoms with Gasteiger partial charge in [0, 0.05) is 18.8 Å². The number of carboxylic acid groups (broad SMARTS) is 1. The molecule has 1 aliphatic rings. The molecule has 0 bridgehead atoms. The Hall–Kier alpha value is -1.17. The van der Waals surface area contributed by atoms with E-state index < -0.39 is 24.3 Å². The zero-order chi connectivity index (χ0) is 20.1. The Balaban J connectivity index is 2.41. The van der Waals surface area contributed by atoms with Crippen molar-refractivity contribution in [3.8, 4) is 0 Å². The van der Waals surface area contributed by atoms with E-state index in [-0.39, 0.29) is 18.3 Å². The van der Waals surface area contributed by atoms with Gasteiger partial charge in [0.25, 0.3) is 0 Å². The molecule has 0 radical (unpaired) electrons. The van der Waals surface area contributed by atoms with Crippen LogP contribution in [0.5, 0.6) is 0 Å². The fraction of sp³-hybridized carbons (Fsp3) is 0.773. The standard InChI is InChI=1S/C22H38O5/c1-2-3-4-5-8-11-17(23)14-15-19-18(20(24)16-21(19)25)12-9-6-7-10-13-22(26)27/h6,9,14-15,17-21,23-25H,2-5,7-8,10-13,16H2,1H3,(H,26,27)/b9-6-,15-14+/t17-,18-,19-,20+,21-/m1/s1. The maximum atomic E-state index is 10.5. The first-order valence-corrected chi connectivity index (χ1v) is 10.5. The molecule has 0 spiro atoms. The molecular weight excluding hydrogens is 344 g/mol. The summed E-state index contributed by atoms with van der Waals surface area (Å²) in [6.07, 6.45) is 15.0. The highest BCUT2D eigenvalue weighted by Crippen LogP contribution is 2.36. The van der Waals surface area contributed by atoms with Gasteiger partial charge in [-0.15, -0.1) is 0 Å². The minimum absolute atomic E-state index is 0.0660. The summed E-state index contributed by atoms with van der Waals surface area (Å²) in [5.74, 6) is -1.01. The van der Waals surface area contributed by atoms with Gasteiger partial charge in [-0.3, -0.25) is 4.79 Å². The number of hydrogen-bond donors (Lipinski definition) is 4. The van der Waals surface area contributed by atoms with E-state index in [2.05, 4.69) is 6.92 Å². The second-order valence-electron chi connectivity index (χ2n) is 7.76. The minimum atomic E-state index is -0.785. The molecule has 0 heterocycles. The number of aliphatic hydroxyl groups is 3. The molecule has 5 nitrogen and oxygen atoms in total. The summed E-state index contributed by atoms with van der Waals surface area (Å²) in [4.78, 5) is 10.5. The Kier molecular flexibility index (Phi) is 12.3. The average molecular weight is 383 g/mol. The van der Waals surface area contributed by atoms with E-state index in [4.69, 9.17) is 5.11 Å². The lowest BCUT2D eigenvalue weighted by Gasteiger charge is -2.19. The van der Waals surface area contributed by atoms with Crippen LogP contribution in [0.2, 0.25) is 0 Å². The number of allylic oxidation sites excluding steroid dienone is 2. The van der Waals surface area contributed by atoms with Gasteiger partial charge in [0.15, 0.2) is 0 Å². The molecule has 0 amide bonds. The molecule has 27 heavy (non-hydrogen) atoms. The van der Waals surface area contributed by atoms with Crippen LogP contribution in [0.15, 0.2) is 24.3 Å². The topological polar surface area (TPSA) is 98.0 Å². The molecule has 1 fully saturated rings. The zero-order valence-electron chi connectivity index (χ0n) is 16.7. The molecule has 1 aliphatic carbocycles. The van der Waals surface area contributed by atoms with Gasteiger partial charge < -0.3 is 20.4 Å². The number of unbranched alkanes of at least 4 members (excludes halogenated alkanes) is 5. The average Bonchev–Trinajstić information content (AvgIpc) is 2.88. The highest BCUT2D eigenvalue weighted by Gasteiger charge is 2.39. The number of carbonyl (C=O) groups is 1. The van der Waals surface area contributed by atoms with Crippen LogP contribution < -0.4 is 0 Å². The lowest BCUT2D eigenvalue weighted by molar-refractivity contribution is -0.137. The second-order valence-corrected chi connectivity index (χ2v) is 7.76. The van der Waals surface area contributed by atoms with Crippen molar-refractivity contribution >= 4 is 5.97 Å². The third kappa shape index (κ3) is 10.1. The van der Waals surface area contributed by atoms with Crippen LogP contribution in [0.1, 0.15) is 77.6 Å². The van der Waals surface area contributed by atoms with Crippen molar-refractivity contribution in [2.24, 2.45) is 11.8 Å². The fourth-order valence-corrected chi connectivity index (χ4v) is 3.76. The van der Waals surface area contributed by atoms with Crippen molar-refractivity contribution in [1.29, 1.82) is 0 Å². The van der Waals surface area contributed by atoms with E-state index in [1.165, 1.54) is 19.3 Å². The summed E-state index contributed by atoms with van der Waals surface area (Å²) >= 11 is 0. The van der Waals surface area contributed by atoms with Crippen LogP contribution in [0.3, 0.4) is 0 Å². The van der Waals surface area contributed by atoms with Crippen LogP contribution in [0, 0.1) is 11.8 Å². The van der Waals surface area contributed by atoms with Gasteiger partial charge in [-0.1, -0.05) is 63.3 Å².